The molecule has 2 fully saturated rings. The van der Waals surface area contributed by atoms with Crippen LogP contribution >= 0.6 is 11.3 Å². The third-order valence-corrected chi connectivity index (χ3v) is 7.70. The predicted octanol–water partition coefficient (Wildman–Crippen LogP) is 3.78. The number of rotatable bonds is 6. The second-order valence-corrected chi connectivity index (χ2v) is 9.80. The van der Waals surface area contributed by atoms with Crippen LogP contribution in [0, 0.1) is 12.8 Å². The lowest BCUT2D eigenvalue weighted by Crippen LogP contribution is -2.41. The monoisotopic (exact) mass is 493 g/mol. The van der Waals surface area contributed by atoms with Crippen LogP contribution in [0.4, 0.5) is 5.00 Å². The molecule has 0 bridgehead atoms. The van der Waals surface area contributed by atoms with Gasteiger partial charge in [-0.25, -0.2) is 0 Å². The van der Waals surface area contributed by atoms with Crippen LogP contribution in [0.25, 0.3) is 10.4 Å². The molecule has 0 radical (unpaired) electrons. The first-order valence-electron chi connectivity index (χ1n) is 11.7. The summed E-state index contributed by atoms with van der Waals surface area (Å²) in [7, 11) is 0. The predicted molar refractivity (Wildman–Crippen MR) is 132 cm³/mol. The Kier molecular flexibility index (Phi) is 6.70. The molecule has 35 heavy (non-hydrogen) atoms. The molecule has 2 aliphatic heterocycles. The van der Waals surface area contributed by atoms with Crippen molar-refractivity contribution in [3.05, 3.63) is 65.6 Å². The molecule has 2 aromatic heterocycles. The molecule has 182 valence electrons. The van der Waals surface area contributed by atoms with Gasteiger partial charge in [0.2, 0.25) is 11.8 Å². The van der Waals surface area contributed by atoms with Gasteiger partial charge in [-0.1, -0.05) is 30.3 Å². The highest BCUT2D eigenvalue weighted by molar-refractivity contribution is 7.20. The zero-order valence-electron chi connectivity index (χ0n) is 19.5. The van der Waals surface area contributed by atoms with Crippen LogP contribution in [0.5, 0.6) is 0 Å². The summed E-state index contributed by atoms with van der Waals surface area (Å²) in [5, 5.41) is 3.53. The average Bonchev–Trinajstić information content (AvgIpc) is 3.60. The number of hydrogen-bond donors (Lipinski definition) is 1. The molecule has 1 atom stereocenters. The first-order chi connectivity index (χ1) is 17.0. The van der Waals surface area contributed by atoms with Crippen molar-refractivity contribution in [3.8, 4) is 10.4 Å². The van der Waals surface area contributed by atoms with Crippen molar-refractivity contribution in [3.63, 3.8) is 0 Å². The van der Waals surface area contributed by atoms with Gasteiger partial charge in [0.1, 0.15) is 10.8 Å². The Bertz CT molecular complexity index is 1220. The van der Waals surface area contributed by atoms with Gasteiger partial charge in [0.05, 0.1) is 37.5 Å². The Hall–Kier alpha value is -3.43. The van der Waals surface area contributed by atoms with Crippen LogP contribution in [-0.4, -0.2) is 60.4 Å². The number of nitrogens with one attached hydrogen (secondary N) is 1. The van der Waals surface area contributed by atoms with E-state index in [2.05, 4.69) is 5.32 Å². The summed E-state index contributed by atoms with van der Waals surface area (Å²) in [5.74, 6) is -0.261. The maximum absolute atomic E-state index is 13.5. The maximum atomic E-state index is 13.5. The minimum Gasteiger partial charge on any atom is -0.467 e. The highest BCUT2D eigenvalue weighted by Crippen LogP contribution is 2.41. The van der Waals surface area contributed by atoms with E-state index in [1.807, 2.05) is 43.3 Å². The van der Waals surface area contributed by atoms with Gasteiger partial charge in [0.15, 0.2) is 0 Å². The molecular weight excluding hydrogens is 466 g/mol. The number of amides is 3. The van der Waals surface area contributed by atoms with E-state index >= 15 is 0 Å². The first kappa shape index (κ1) is 23.3. The molecule has 1 aromatic carbocycles. The number of likely N-dealkylation sites (tertiary alicyclic amines) is 1. The van der Waals surface area contributed by atoms with Crippen LogP contribution in [0.3, 0.4) is 0 Å². The zero-order chi connectivity index (χ0) is 24.4. The SMILES string of the molecule is Cc1c(-c2ccccc2)sc(NC(=O)[C@@H]2CC(=O)N(Cc3ccco3)C2)c1C(=O)N1CCOCC1. The standard InChI is InChI=1S/C26H27N3O5S/c1-17-22(26(32)28-9-12-33-13-10-28)25(35-23(17)18-6-3-2-4-7-18)27-24(31)19-14-21(30)29(15-19)16-20-8-5-11-34-20/h2-8,11,19H,9-10,12-16H2,1H3,(H,27,31)/t19-/m1/s1. The number of benzene rings is 1. The quantitative estimate of drug-likeness (QED) is 0.564. The van der Waals surface area contributed by atoms with Crippen molar-refractivity contribution >= 4 is 34.1 Å². The summed E-state index contributed by atoms with van der Waals surface area (Å²) >= 11 is 1.40. The van der Waals surface area contributed by atoms with Crippen LogP contribution in [0.2, 0.25) is 0 Å². The number of hydrogen-bond acceptors (Lipinski definition) is 6. The van der Waals surface area contributed by atoms with Gasteiger partial charge in [-0.3, -0.25) is 14.4 Å². The zero-order valence-corrected chi connectivity index (χ0v) is 20.3. The van der Waals surface area contributed by atoms with Crippen molar-refractivity contribution in [2.75, 3.05) is 38.2 Å². The Morgan fingerprint density at radius 2 is 1.89 bits per heavy atom. The number of ether oxygens (including phenoxy) is 1. The number of carbonyl (C=O) groups excluding carboxylic acids is 3. The molecule has 3 aromatic rings. The summed E-state index contributed by atoms with van der Waals surface area (Å²) in [6.45, 7) is 4.60. The molecule has 0 aliphatic carbocycles. The van der Waals surface area contributed by atoms with Crippen molar-refractivity contribution in [1.82, 2.24) is 9.80 Å². The fourth-order valence-corrected chi connectivity index (χ4v) is 5.76. The van der Waals surface area contributed by atoms with Crippen LogP contribution in [0.1, 0.15) is 28.1 Å². The first-order valence-corrected chi connectivity index (χ1v) is 12.5. The van der Waals surface area contributed by atoms with Gasteiger partial charge in [0.25, 0.3) is 5.91 Å². The van der Waals surface area contributed by atoms with Crippen molar-refractivity contribution in [2.45, 2.75) is 19.9 Å². The number of furan rings is 1. The number of carbonyl (C=O) groups is 3. The third-order valence-electron chi connectivity index (χ3n) is 6.44. The highest BCUT2D eigenvalue weighted by atomic mass is 32.1. The molecule has 2 saturated heterocycles. The van der Waals surface area contributed by atoms with Crippen LogP contribution in [-0.2, 0) is 20.9 Å². The summed E-state index contributed by atoms with van der Waals surface area (Å²) in [6.07, 6.45) is 1.70. The molecule has 9 heteroatoms. The Morgan fingerprint density at radius 1 is 1.11 bits per heavy atom. The van der Waals surface area contributed by atoms with Gasteiger partial charge in [-0.2, -0.15) is 0 Å². The van der Waals surface area contributed by atoms with Gasteiger partial charge in [-0.15, -0.1) is 11.3 Å². The average molecular weight is 494 g/mol. The van der Waals surface area contributed by atoms with Crippen molar-refractivity contribution < 1.29 is 23.5 Å². The van der Waals surface area contributed by atoms with E-state index in [0.717, 1.165) is 16.0 Å². The van der Waals surface area contributed by atoms with Gasteiger partial charge in [-0.05, 0) is 30.2 Å². The normalized spacial score (nSPS) is 18.2. The third kappa shape index (κ3) is 4.87. The summed E-state index contributed by atoms with van der Waals surface area (Å²) in [4.78, 5) is 43.7. The molecular formula is C26H27N3O5S. The number of thiophene rings is 1. The Balaban J connectivity index is 1.39. The fraction of sp³-hybridized carbons (Fsp3) is 0.346. The van der Waals surface area contributed by atoms with E-state index in [-0.39, 0.29) is 24.1 Å². The van der Waals surface area contributed by atoms with Crippen LogP contribution < -0.4 is 5.32 Å². The van der Waals surface area contributed by atoms with Gasteiger partial charge < -0.3 is 24.3 Å². The van der Waals surface area contributed by atoms with E-state index in [1.165, 1.54) is 11.3 Å². The topological polar surface area (TPSA) is 92.1 Å². The lowest BCUT2D eigenvalue weighted by atomic mass is 10.0. The van der Waals surface area contributed by atoms with E-state index < -0.39 is 5.92 Å². The minimum atomic E-state index is -0.494. The molecule has 3 amide bonds. The van der Waals surface area contributed by atoms with E-state index in [1.54, 1.807) is 22.1 Å². The van der Waals surface area contributed by atoms with Crippen molar-refractivity contribution in [1.29, 1.82) is 0 Å². The summed E-state index contributed by atoms with van der Waals surface area (Å²) < 4.78 is 10.8. The lowest BCUT2D eigenvalue weighted by Gasteiger charge is -2.27. The molecule has 4 heterocycles. The molecule has 0 unspecified atom stereocenters. The molecule has 8 nitrogen and oxygen atoms in total. The van der Waals surface area contributed by atoms with Crippen LogP contribution in [0.15, 0.2) is 53.1 Å². The minimum absolute atomic E-state index is 0.0847. The Labute approximate surface area is 207 Å². The number of nitrogens with zero attached hydrogens (tertiary/aromatic N) is 2. The van der Waals surface area contributed by atoms with E-state index in [4.69, 9.17) is 9.15 Å². The second-order valence-electron chi connectivity index (χ2n) is 8.77. The number of anilines is 1. The Morgan fingerprint density at radius 3 is 2.60 bits per heavy atom. The second kappa shape index (κ2) is 10.1. The molecule has 1 N–H and O–H groups in total. The fourth-order valence-electron chi connectivity index (χ4n) is 4.55. The lowest BCUT2D eigenvalue weighted by molar-refractivity contribution is -0.128. The summed E-state index contributed by atoms with van der Waals surface area (Å²) in [5.41, 5.74) is 2.35. The van der Waals surface area contributed by atoms with E-state index in [0.29, 0.717) is 55.7 Å². The van der Waals surface area contributed by atoms with E-state index in [9.17, 15) is 14.4 Å². The maximum Gasteiger partial charge on any atom is 0.257 e. The highest BCUT2D eigenvalue weighted by Gasteiger charge is 2.36. The molecule has 0 saturated carbocycles. The number of morpholine rings is 1. The molecule has 2 aliphatic rings. The molecule has 5 rings (SSSR count). The van der Waals surface area contributed by atoms with Crippen molar-refractivity contribution in [2.24, 2.45) is 5.92 Å². The largest absolute Gasteiger partial charge is 0.467 e. The van der Waals surface area contributed by atoms with Gasteiger partial charge in [0, 0.05) is 30.9 Å². The molecule has 0 spiro atoms. The van der Waals surface area contributed by atoms with Gasteiger partial charge >= 0.3 is 0 Å². The summed E-state index contributed by atoms with van der Waals surface area (Å²) in [6, 6.07) is 13.4. The smallest absolute Gasteiger partial charge is 0.257 e.